The number of benzene rings is 1. The van der Waals surface area contributed by atoms with E-state index in [1.54, 1.807) is 49.0 Å². The molecule has 1 aromatic carbocycles. The van der Waals surface area contributed by atoms with Gasteiger partial charge in [0.05, 0.1) is 23.3 Å². The number of carboxylic acid groups (broad SMARTS) is 1. The van der Waals surface area contributed by atoms with E-state index in [2.05, 4.69) is 15.5 Å². The first-order valence-electron chi connectivity index (χ1n) is 8.51. The molecule has 0 aliphatic heterocycles. The zero-order valence-electron chi connectivity index (χ0n) is 15.6. The highest BCUT2D eigenvalue weighted by atomic mass is 16.4. The van der Waals surface area contributed by atoms with Gasteiger partial charge in [0, 0.05) is 12.7 Å². The van der Waals surface area contributed by atoms with E-state index in [9.17, 15) is 14.7 Å². The number of hydrogen-bond acceptors (Lipinski definition) is 4. The minimum Gasteiger partial charge on any atom is -0.478 e. The SMILES string of the molecule is Cc1c(C(=O)O)cnn1-c1cccc(NC(=O)c2cc(C(C)C)nn2C)c1. The molecule has 1 amide bonds. The fourth-order valence-electron chi connectivity index (χ4n) is 2.77. The number of aryl methyl sites for hydroxylation is 1. The lowest BCUT2D eigenvalue weighted by Gasteiger charge is -2.09. The fourth-order valence-corrected chi connectivity index (χ4v) is 2.77. The maximum atomic E-state index is 12.6. The molecule has 2 heterocycles. The van der Waals surface area contributed by atoms with Crippen molar-refractivity contribution in [3.63, 3.8) is 0 Å². The average molecular weight is 367 g/mol. The Bertz CT molecular complexity index is 1020. The van der Waals surface area contributed by atoms with Gasteiger partial charge in [-0.1, -0.05) is 19.9 Å². The van der Waals surface area contributed by atoms with Crippen molar-refractivity contribution in [3.05, 3.63) is 59.2 Å². The Morgan fingerprint density at radius 2 is 1.96 bits per heavy atom. The van der Waals surface area contributed by atoms with Crippen LogP contribution in [0.25, 0.3) is 5.69 Å². The first kappa shape index (κ1) is 18.4. The minimum absolute atomic E-state index is 0.139. The lowest BCUT2D eigenvalue weighted by atomic mass is 10.1. The number of anilines is 1. The maximum Gasteiger partial charge on any atom is 0.339 e. The van der Waals surface area contributed by atoms with Crippen molar-refractivity contribution in [1.82, 2.24) is 19.6 Å². The molecule has 3 aromatic rings. The normalized spacial score (nSPS) is 11.0. The lowest BCUT2D eigenvalue weighted by Crippen LogP contribution is -2.16. The van der Waals surface area contributed by atoms with Gasteiger partial charge >= 0.3 is 5.97 Å². The van der Waals surface area contributed by atoms with Gasteiger partial charge in [0.2, 0.25) is 0 Å². The molecular weight excluding hydrogens is 346 g/mol. The van der Waals surface area contributed by atoms with Crippen LogP contribution in [-0.2, 0) is 7.05 Å². The van der Waals surface area contributed by atoms with E-state index in [0.29, 0.717) is 22.8 Å². The van der Waals surface area contributed by atoms with Crippen molar-refractivity contribution in [1.29, 1.82) is 0 Å². The van der Waals surface area contributed by atoms with Gasteiger partial charge in [-0.05, 0) is 37.1 Å². The highest BCUT2D eigenvalue weighted by molar-refractivity contribution is 6.03. The van der Waals surface area contributed by atoms with E-state index in [1.165, 1.54) is 10.9 Å². The molecule has 2 aromatic heterocycles. The summed E-state index contributed by atoms with van der Waals surface area (Å²) in [6.07, 6.45) is 1.31. The van der Waals surface area contributed by atoms with Crippen LogP contribution in [0, 0.1) is 6.92 Å². The Hall–Kier alpha value is -3.42. The molecule has 0 unspecified atom stereocenters. The zero-order valence-corrected chi connectivity index (χ0v) is 15.6. The van der Waals surface area contributed by atoms with Gasteiger partial charge < -0.3 is 10.4 Å². The molecule has 0 saturated heterocycles. The molecule has 27 heavy (non-hydrogen) atoms. The van der Waals surface area contributed by atoms with Crippen molar-refractivity contribution < 1.29 is 14.7 Å². The zero-order chi connectivity index (χ0) is 19.7. The van der Waals surface area contributed by atoms with Gasteiger partial charge in [-0.3, -0.25) is 9.48 Å². The Kier molecular flexibility index (Phi) is 4.81. The van der Waals surface area contributed by atoms with Crippen LogP contribution in [0.2, 0.25) is 0 Å². The Balaban J connectivity index is 1.86. The quantitative estimate of drug-likeness (QED) is 0.722. The third-order valence-corrected chi connectivity index (χ3v) is 4.31. The van der Waals surface area contributed by atoms with Crippen LogP contribution in [0.3, 0.4) is 0 Å². The van der Waals surface area contributed by atoms with E-state index in [0.717, 1.165) is 5.69 Å². The number of carboxylic acids is 1. The molecular formula is C19H21N5O3. The summed E-state index contributed by atoms with van der Waals surface area (Å²) >= 11 is 0. The summed E-state index contributed by atoms with van der Waals surface area (Å²) in [6, 6.07) is 8.85. The summed E-state index contributed by atoms with van der Waals surface area (Å²) in [5.41, 5.74) is 3.21. The van der Waals surface area contributed by atoms with E-state index in [4.69, 9.17) is 0 Å². The number of rotatable bonds is 5. The summed E-state index contributed by atoms with van der Waals surface area (Å²) in [7, 11) is 1.73. The topological polar surface area (TPSA) is 102 Å². The standard InChI is InChI=1S/C19H21N5O3/c1-11(2)16-9-17(23(4)22-16)18(25)21-13-6-5-7-14(8-13)24-12(3)15(10-20-24)19(26)27/h5-11H,1-4H3,(H,21,25)(H,26,27). The van der Waals surface area contributed by atoms with Gasteiger partial charge in [-0.15, -0.1) is 0 Å². The van der Waals surface area contributed by atoms with E-state index in [-0.39, 0.29) is 17.4 Å². The summed E-state index contributed by atoms with van der Waals surface area (Å²) in [6.45, 7) is 5.72. The van der Waals surface area contributed by atoms with E-state index in [1.807, 2.05) is 13.8 Å². The molecule has 0 fully saturated rings. The Morgan fingerprint density at radius 3 is 2.56 bits per heavy atom. The third-order valence-electron chi connectivity index (χ3n) is 4.31. The number of amides is 1. The number of carbonyl (C=O) groups is 2. The number of aromatic nitrogens is 4. The largest absolute Gasteiger partial charge is 0.478 e. The highest BCUT2D eigenvalue weighted by Crippen LogP contribution is 2.19. The van der Waals surface area contributed by atoms with Gasteiger partial charge in [-0.25, -0.2) is 9.48 Å². The van der Waals surface area contributed by atoms with Gasteiger partial charge in [0.1, 0.15) is 11.3 Å². The molecule has 0 aliphatic rings. The third kappa shape index (κ3) is 3.59. The second-order valence-corrected chi connectivity index (χ2v) is 6.60. The predicted molar refractivity (Wildman–Crippen MR) is 101 cm³/mol. The van der Waals surface area contributed by atoms with Crippen molar-refractivity contribution in [2.75, 3.05) is 5.32 Å². The summed E-state index contributed by atoms with van der Waals surface area (Å²) in [5, 5.41) is 20.5. The van der Waals surface area contributed by atoms with Gasteiger partial charge in [-0.2, -0.15) is 10.2 Å². The Morgan fingerprint density at radius 1 is 1.22 bits per heavy atom. The first-order valence-corrected chi connectivity index (χ1v) is 8.51. The number of nitrogens with one attached hydrogen (secondary N) is 1. The van der Waals surface area contributed by atoms with Crippen molar-refractivity contribution in [3.8, 4) is 5.69 Å². The number of nitrogens with zero attached hydrogens (tertiary/aromatic N) is 4. The minimum atomic E-state index is -1.03. The molecule has 0 radical (unpaired) electrons. The van der Waals surface area contributed by atoms with Crippen molar-refractivity contribution in [2.45, 2.75) is 26.7 Å². The van der Waals surface area contributed by atoms with E-state index >= 15 is 0 Å². The molecule has 0 atom stereocenters. The van der Waals surface area contributed by atoms with E-state index < -0.39 is 5.97 Å². The van der Waals surface area contributed by atoms with Crippen molar-refractivity contribution in [2.24, 2.45) is 7.05 Å². The smallest absolute Gasteiger partial charge is 0.339 e. The molecule has 8 nitrogen and oxygen atoms in total. The molecule has 8 heteroatoms. The van der Waals surface area contributed by atoms with Crippen LogP contribution in [0.15, 0.2) is 36.5 Å². The highest BCUT2D eigenvalue weighted by Gasteiger charge is 2.17. The number of hydrogen-bond donors (Lipinski definition) is 2. The molecule has 0 bridgehead atoms. The Labute approximate surface area is 156 Å². The predicted octanol–water partition coefficient (Wildman–Crippen LogP) is 2.99. The molecule has 140 valence electrons. The lowest BCUT2D eigenvalue weighted by molar-refractivity contribution is 0.0696. The average Bonchev–Trinajstić information content (AvgIpc) is 3.18. The summed E-state index contributed by atoms with van der Waals surface area (Å²) < 4.78 is 3.09. The summed E-state index contributed by atoms with van der Waals surface area (Å²) in [4.78, 5) is 23.8. The second kappa shape index (κ2) is 7.06. The van der Waals surface area contributed by atoms with Crippen molar-refractivity contribution >= 4 is 17.6 Å². The van der Waals surface area contributed by atoms with Crippen LogP contribution in [0.1, 0.15) is 52.0 Å². The summed E-state index contributed by atoms with van der Waals surface area (Å²) in [5.74, 6) is -1.06. The van der Waals surface area contributed by atoms with Crippen LogP contribution >= 0.6 is 0 Å². The van der Waals surface area contributed by atoms with Crippen LogP contribution in [0.4, 0.5) is 5.69 Å². The monoisotopic (exact) mass is 367 g/mol. The molecule has 0 spiro atoms. The van der Waals surface area contributed by atoms with Crippen LogP contribution < -0.4 is 5.32 Å². The second-order valence-electron chi connectivity index (χ2n) is 6.60. The number of aromatic carboxylic acids is 1. The van der Waals surface area contributed by atoms with Crippen LogP contribution in [-0.4, -0.2) is 36.5 Å². The first-order chi connectivity index (χ1) is 12.8. The molecule has 2 N–H and O–H groups in total. The van der Waals surface area contributed by atoms with Gasteiger partial charge in [0.25, 0.3) is 5.91 Å². The van der Waals surface area contributed by atoms with Gasteiger partial charge in [0.15, 0.2) is 0 Å². The molecule has 0 saturated carbocycles. The molecule has 0 aliphatic carbocycles. The fraction of sp³-hybridized carbons (Fsp3) is 0.263. The molecule has 3 rings (SSSR count). The maximum absolute atomic E-state index is 12.6. The number of carbonyl (C=O) groups excluding carboxylic acids is 1. The van der Waals surface area contributed by atoms with Crippen LogP contribution in [0.5, 0.6) is 0 Å².